The number of ketones is 1. The Morgan fingerprint density at radius 1 is 1.22 bits per heavy atom. The van der Waals surface area contributed by atoms with Crippen LogP contribution in [-0.2, 0) is 19.9 Å². The van der Waals surface area contributed by atoms with Gasteiger partial charge in [-0.25, -0.2) is 16.8 Å². The fourth-order valence-electron chi connectivity index (χ4n) is 3.34. The van der Waals surface area contributed by atoms with Crippen molar-refractivity contribution in [3.63, 3.8) is 0 Å². The molecule has 0 aliphatic carbocycles. The van der Waals surface area contributed by atoms with E-state index in [2.05, 4.69) is 9.82 Å². The molecule has 8 nitrogen and oxygen atoms in total. The molecule has 0 amide bonds. The molecule has 2 heterocycles. The zero-order valence-electron chi connectivity index (χ0n) is 15.3. The Balaban J connectivity index is 1.92. The minimum atomic E-state index is -3.91. The van der Waals surface area contributed by atoms with E-state index in [9.17, 15) is 21.6 Å². The van der Waals surface area contributed by atoms with E-state index < -0.39 is 19.9 Å². The third kappa shape index (κ3) is 3.91. The largest absolute Gasteiger partial charge is 0.295 e. The van der Waals surface area contributed by atoms with Gasteiger partial charge in [0.25, 0.3) is 10.0 Å². The van der Waals surface area contributed by atoms with Gasteiger partial charge in [0.05, 0.1) is 28.9 Å². The molecular weight excluding hydrogens is 390 g/mol. The van der Waals surface area contributed by atoms with E-state index in [1.54, 1.807) is 26.0 Å². The minimum absolute atomic E-state index is 0.0333. The van der Waals surface area contributed by atoms with Gasteiger partial charge in [0, 0.05) is 11.3 Å². The predicted octanol–water partition coefficient (Wildman–Crippen LogP) is 1.86. The Kier molecular flexibility index (Phi) is 4.89. The molecule has 0 unspecified atom stereocenters. The molecule has 27 heavy (non-hydrogen) atoms. The summed E-state index contributed by atoms with van der Waals surface area (Å²) in [6.45, 7) is 4.64. The first kappa shape index (κ1) is 19.6. The summed E-state index contributed by atoms with van der Waals surface area (Å²) >= 11 is 0. The van der Waals surface area contributed by atoms with Gasteiger partial charge in [-0.1, -0.05) is 0 Å². The van der Waals surface area contributed by atoms with Crippen LogP contribution < -0.4 is 4.72 Å². The van der Waals surface area contributed by atoms with Gasteiger partial charge in [0.15, 0.2) is 15.6 Å². The Hall–Kier alpha value is -2.20. The van der Waals surface area contributed by atoms with Crippen molar-refractivity contribution in [1.29, 1.82) is 0 Å². The highest BCUT2D eigenvalue weighted by Gasteiger charge is 2.33. The van der Waals surface area contributed by atoms with Gasteiger partial charge in [-0.3, -0.25) is 14.2 Å². The SMILES string of the molecule is CC(=O)c1ccc(NS(=O)(=O)c2c(C)nn([C@H]3CCS(=O)(=O)C3)c2C)cc1. The number of nitrogens with one attached hydrogen (secondary N) is 1. The molecular formula is C17H21N3O5S2. The van der Waals surface area contributed by atoms with Gasteiger partial charge in [-0.2, -0.15) is 5.10 Å². The highest BCUT2D eigenvalue weighted by Crippen LogP contribution is 2.29. The number of carbonyl (C=O) groups is 1. The van der Waals surface area contributed by atoms with Gasteiger partial charge in [-0.05, 0) is 51.5 Å². The maximum atomic E-state index is 12.9. The Morgan fingerprint density at radius 3 is 2.37 bits per heavy atom. The van der Waals surface area contributed by atoms with Crippen molar-refractivity contribution in [1.82, 2.24) is 9.78 Å². The topological polar surface area (TPSA) is 115 Å². The highest BCUT2D eigenvalue weighted by molar-refractivity contribution is 7.92. The first-order chi connectivity index (χ1) is 12.5. The van der Waals surface area contributed by atoms with Crippen LogP contribution in [0, 0.1) is 13.8 Å². The van der Waals surface area contributed by atoms with Crippen molar-refractivity contribution in [2.75, 3.05) is 16.2 Å². The van der Waals surface area contributed by atoms with Crippen LogP contribution in [0.2, 0.25) is 0 Å². The molecule has 0 spiro atoms. The third-order valence-corrected chi connectivity index (χ3v) is 8.01. The summed E-state index contributed by atoms with van der Waals surface area (Å²) in [6.07, 6.45) is 0.420. The molecule has 10 heteroatoms. The van der Waals surface area contributed by atoms with Crippen molar-refractivity contribution < 1.29 is 21.6 Å². The minimum Gasteiger partial charge on any atom is -0.295 e. The van der Waals surface area contributed by atoms with Crippen molar-refractivity contribution >= 4 is 31.3 Å². The van der Waals surface area contributed by atoms with Crippen LogP contribution in [0.1, 0.15) is 41.1 Å². The Labute approximate surface area is 158 Å². The molecule has 1 fully saturated rings. The van der Waals surface area contributed by atoms with Gasteiger partial charge in [0.1, 0.15) is 4.90 Å². The highest BCUT2D eigenvalue weighted by atomic mass is 32.2. The first-order valence-electron chi connectivity index (χ1n) is 8.40. The van der Waals surface area contributed by atoms with Gasteiger partial charge < -0.3 is 0 Å². The summed E-state index contributed by atoms with van der Waals surface area (Å²) in [6, 6.07) is 5.78. The van der Waals surface area contributed by atoms with E-state index >= 15 is 0 Å². The van der Waals surface area contributed by atoms with Crippen LogP contribution in [0.25, 0.3) is 0 Å². The molecule has 1 aromatic heterocycles. The molecule has 1 aliphatic heterocycles. The van der Waals surface area contributed by atoms with Gasteiger partial charge in [-0.15, -0.1) is 0 Å². The number of Topliss-reactive ketones (excluding diaryl/α,β-unsaturated/α-hetero) is 1. The molecule has 1 N–H and O–H groups in total. The lowest BCUT2D eigenvalue weighted by Gasteiger charge is -2.12. The van der Waals surface area contributed by atoms with Crippen LogP contribution in [0.4, 0.5) is 5.69 Å². The normalized spacial score (nSPS) is 19.1. The van der Waals surface area contributed by atoms with E-state index in [4.69, 9.17) is 0 Å². The Morgan fingerprint density at radius 2 is 1.85 bits per heavy atom. The summed E-state index contributed by atoms with van der Waals surface area (Å²) in [5, 5.41) is 4.29. The second-order valence-corrected chi connectivity index (χ2v) is 10.6. The molecule has 2 aromatic rings. The number of aryl methyl sites for hydroxylation is 1. The molecule has 0 bridgehead atoms. The molecule has 1 aromatic carbocycles. The van der Waals surface area contributed by atoms with Crippen molar-refractivity contribution in [3.05, 3.63) is 41.2 Å². The fraction of sp³-hybridized carbons (Fsp3) is 0.412. The van der Waals surface area contributed by atoms with Crippen LogP contribution >= 0.6 is 0 Å². The summed E-state index contributed by atoms with van der Waals surface area (Å²) in [5.74, 6) is -0.0587. The number of sulfonamides is 1. The molecule has 1 saturated heterocycles. The lowest BCUT2D eigenvalue weighted by molar-refractivity contribution is 0.101. The number of hydrogen-bond donors (Lipinski definition) is 1. The predicted molar refractivity (Wildman–Crippen MR) is 101 cm³/mol. The summed E-state index contributed by atoms with van der Waals surface area (Å²) in [5.41, 5.74) is 1.53. The smallest absolute Gasteiger partial charge is 0.265 e. The van der Waals surface area contributed by atoms with Gasteiger partial charge in [0.2, 0.25) is 0 Å². The quantitative estimate of drug-likeness (QED) is 0.751. The van der Waals surface area contributed by atoms with E-state index in [1.165, 1.54) is 23.7 Å². The molecule has 0 saturated carbocycles. The van der Waals surface area contributed by atoms with Gasteiger partial charge >= 0.3 is 0 Å². The third-order valence-electron chi connectivity index (χ3n) is 4.63. The number of rotatable bonds is 5. The lowest BCUT2D eigenvalue weighted by Crippen LogP contribution is -2.17. The standard InChI is InChI=1S/C17H21N3O5S2/c1-11-17(12(2)20(18-11)16-8-9-26(22,23)10-16)27(24,25)19-15-6-4-14(5-7-15)13(3)21/h4-7,16,19H,8-10H2,1-3H3/t16-/m0/s1. The van der Waals surface area contributed by atoms with Crippen LogP contribution in [0.3, 0.4) is 0 Å². The zero-order chi connectivity index (χ0) is 20.0. The first-order valence-corrected chi connectivity index (χ1v) is 11.7. The summed E-state index contributed by atoms with van der Waals surface area (Å²) in [4.78, 5) is 11.4. The maximum absolute atomic E-state index is 12.9. The van der Waals surface area contributed by atoms with Crippen LogP contribution in [-0.4, -0.2) is 43.9 Å². The average Bonchev–Trinajstić information content (AvgIpc) is 3.06. The Bertz CT molecular complexity index is 1100. The monoisotopic (exact) mass is 411 g/mol. The number of anilines is 1. The fourth-order valence-corrected chi connectivity index (χ4v) is 6.49. The van der Waals surface area contributed by atoms with Crippen LogP contribution in [0.15, 0.2) is 29.2 Å². The molecule has 0 radical (unpaired) electrons. The average molecular weight is 412 g/mol. The second kappa shape index (κ2) is 6.75. The van der Waals surface area contributed by atoms with E-state index in [-0.39, 0.29) is 28.2 Å². The molecule has 1 atom stereocenters. The van der Waals surface area contributed by atoms with Crippen molar-refractivity contribution in [2.24, 2.45) is 0 Å². The number of aromatic nitrogens is 2. The summed E-state index contributed by atoms with van der Waals surface area (Å²) < 4.78 is 53.2. The lowest BCUT2D eigenvalue weighted by atomic mass is 10.1. The number of nitrogens with zero attached hydrogens (tertiary/aromatic N) is 2. The summed E-state index contributed by atoms with van der Waals surface area (Å²) in [7, 11) is -7.03. The van der Waals surface area contributed by atoms with E-state index in [0.717, 1.165) is 0 Å². The molecule has 1 aliphatic rings. The van der Waals surface area contributed by atoms with E-state index in [0.29, 0.717) is 29.1 Å². The number of sulfone groups is 1. The second-order valence-electron chi connectivity index (χ2n) is 6.74. The van der Waals surface area contributed by atoms with Crippen molar-refractivity contribution in [3.8, 4) is 0 Å². The van der Waals surface area contributed by atoms with E-state index in [1.807, 2.05) is 0 Å². The van der Waals surface area contributed by atoms with Crippen LogP contribution in [0.5, 0.6) is 0 Å². The van der Waals surface area contributed by atoms with Crippen molar-refractivity contribution in [2.45, 2.75) is 38.1 Å². The zero-order valence-corrected chi connectivity index (χ0v) is 16.9. The number of hydrogen-bond acceptors (Lipinski definition) is 6. The number of benzene rings is 1. The molecule has 3 rings (SSSR count). The molecule has 146 valence electrons. The maximum Gasteiger partial charge on any atom is 0.265 e. The number of carbonyl (C=O) groups excluding carboxylic acids is 1.